The molecule has 1 amide bonds. The Morgan fingerprint density at radius 1 is 1.14 bits per heavy atom. The van der Waals surface area contributed by atoms with Crippen molar-refractivity contribution < 1.29 is 13.2 Å². The Morgan fingerprint density at radius 3 is 2.45 bits per heavy atom. The normalized spacial score (nSPS) is 11.0. The molecule has 0 spiro atoms. The minimum Gasteiger partial charge on any atom is -0.348 e. The highest BCUT2D eigenvalue weighted by Crippen LogP contribution is 2.13. The van der Waals surface area contributed by atoms with Crippen LogP contribution in [0.25, 0.3) is 0 Å². The average molecular weight is 339 g/mol. The molecular formula is C15H15ClN2O3S. The predicted octanol–water partition coefficient (Wildman–Crippen LogP) is 2.64. The standard InChI is InChI=1S/C15H15ClN2O3S/c1-22(20,21)18-14-4-2-3-12(9-14)15(19)17-10-11-5-7-13(16)8-6-11/h2-9,18H,10H2,1H3,(H,17,19). The van der Waals surface area contributed by atoms with Crippen molar-refractivity contribution in [2.75, 3.05) is 11.0 Å². The summed E-state index contributed by atoms with van der Waals surface area (Å²) >= 11 is 5.80. The fraction of sp³-hybridized carbons (Fsp3) is 0.133. The SMILES string of the molecule is CS(=O)(=O)Nc1cccc(C(=O)NCc2ccc(Cl)cc2)c1. The largest absolute Gasteiger partial charge is 0.348 e. The minimum absolute atomic E-state index is 0.285. The fourth-order valence-electron chi connectivity index (χ4n) is 1.82. The van der Waals surface area contributed by atoms with Gasteiger partial charge in [0.15, 0.2) is 0 Å². The highest BCUT2D eigenvalue weighted by Gasteiger charge is 2.08. The second kappa shape index (κ2) is 6.81. The third-order valence-corrected chi connectivity index (χ3v) is 3.65. The molecule has 0 aliphatic carbocycles. The summed E-state index contributed by atoms with van der Waals surface area (Å²) in [6.07, 6.45) is 1.06. The molecule has 0 unspecified atom stereocenters. The summed E-state index contributed by atoms with van der Waals surface area (Å²) in [5.74, 6) is -0.285. The molecule has 7 heteroatoms. The molecule has 0 fully saturated rings. The first-order valence-electron chi connectivity index (χ1n) is 6.44. The Balaban J connectivity index is 2.03. The molecule has 0 bridgehead atoms. The average Bonchev–Trinajstić information content (AvgIpc) is 2.45. The zero-order chi connectivity index (χ0) is 16.2. The van der Waals surface area contributed by atoms with E-state index in [0.717, 1.165) is 11.8 Å². The molecule has 0 aliphatic rings. The summed E-state index contributed by atoms with van der Waals surface area (Å²) in [5.41, 5.74) is 1.65. The Bertz CT molecular complexity index is 774. The number of hydrogen-bond donors (Lipinski definition) is 2. The van der Waals surface area contributed by atoms with Crippen molar-refractivity contribution in [1.82, 2.24) is 5.32 Å². The van der Waals surface area contributed by atoms with Gasteiger partial charge in [-0.3, -0.25) is 9.52 Å². The maximum absolute atomic E-state index is 12.1. The second-order valence-electron chi connectivity index (χ2n) is 4.76. The van der Waals surface area contributed by atoms with Crippen LogP contribution in [0.5, 0.6) is 0 Å². The molecule has 0 radical (unpaired) electrons. The van der Waals surface area contributed by atoms with Gasteiger partial charge in [0.2, 0.25) is 10.0 Å². The first-order valence-corrected chi connectivity index (χ1v) is 8.71. The van der Waals surface area contributed by atoms with Crippen LogP contribution in [0.15, 0.2) is 48.5 Å². The number of rotatable bonds is 5. The lowest BCUT2D eigenvalue weighted by molar-refractivity contribution is 0.0951. The Labute approximate surface area is 134 Å². The lowest BCUT2D eigenvalue weighted by atomic mass is 10.2. The van der Waals surface area contributed by atoms with Crippen molar-refractivity contribution in [3.63, 3.8) is 0 Å². The molecule has 0 saturated heterocycles. The molecule has 0 aliphatic heterocycles. The molecule has 0 aromatic heterocycles. The van der Waals surface area contributed by atoms with Crippen molar-refractivity contribution in [2.45, 2.75) is 6.54 Å². The number of hydrogen-bond acceptors (Lipinski definition) is 3. The van der Waals surface area contributed by atoms with Crippen molar-refractivity contribution in [1.29, 1.82) is 0 Å². The Kier molecular flexibility index (Phi) is 5.05. The van der Waals surface area contributed by atoms with Crippen LogP contribution in [0, 0.1) is 0 Å². The van der Waals surface area contributed by atoms with E-state index in [9.17, 15) is 13.2 Å². The number of anilines is 1. The molecular weight excluding hydrogens is 324 g/mol. The van der Waals surface area contributed by atoms with Crippen LogP contribution >= 0.6 is 11.6 Å². The van der Waals surface area contributed by atoms with Gasteiger partial charge < -0.3 is 5.32 Å². The van der Waals surface area contributed by atoms with E-state index in [0.29, 0.717) is 22.8 Å². The van der Waals surface area contributed by atoms with Gasteiger partial charge >= 0.3 is 0 Å². The summed E-state index contributed by atoms with van der Waals surface area (Å²) in [6, 6.07) is 13.4. The Morgan fingerprint density at radius 2 is 1.82 bits per heavy atom. The maximum atomic E-state index is 12.1. The van der Waals surface area contributed by atoms with E-state index < -0.39 is 10.0 Å². The fourth-order valence-corrected chi connectivity index (χ4v) is 2.51. The lowest BCUT2D eigenvalue weighted by Crippen LogP contribution is -2.23. The van der Waals surface area contributed by atoms with Crippen LogP contribution in [0.2, 0.25) is 5.02 Å². The summed E-state index contributed by atoms with van der Waals surface area (Å²) in [5, 5.41) is 3.40. The van der Waals surface area contributed by atoms with Gasteiger partial charge in [-0.2, -0.15) is 0 Å². The quantitative estimate of drug-likeness (QED) is 0.880. The van der Waals surface area contributed by atoms with Gasteiger partial charge in [-0.1, -0.05) is 29.8 Å². The van der Waals surface area contributed by atoms with E-state index in [4.69, 9.17) is 11.6 Å². The molecule has 2 aromatic rings. The number of sulfonamides is 1. The summed E-state index contributed by atoms with van der Waals surface area (Å²) < 4.78 is 24.7. The van der Waals surface area contributed by atoms with Gasteiger partial charge in [0, 0.05) is 22.8 Å². The minimum atomic E-state index is -3.37. The van der Waals surface area contributed by atoms with Gasteiger partial charge in [-0.25, -0.2) is 8.42 Å². The molecule has 2 rings (SSSR count). The van der Waals surface area contributed by atoms with Crippen molar-refractivity contribution in [3.05, 3.63) is 64.7 Å². The summed E-state index contributed by atoms with van der Waals surface area (Å²) in [7, 11) is -3.37. The first kappa shape index (κ1) is 16.3. The Hall–Kier alpha value is -2.05. The summed E-state index contributed by atoms with van der Waals surface area (Å²) in [4.78, 5) is 12.1. The van der Waals surface area contributed by atoms with Gasteiger partial charge in [-0.15, -0.1) is 0 Å². The summed E-state index contributed by atoms with van der Waals surface area (Å²) in [6.45, 7) is 0.361. The molecule has 0 heterocycles. The van der Waals surface area contributed by atoms with Gasteiger partial charge in [0.05, 0.1) is 6.26 Å². The predicted molar refractivity (Wildman–Crippen MR) is 87.5 cm³/mol. The topological polar surface area (TPSA) is 75.3 Å². The van der Waals surface area contributed by atoms with E-state index in [1.165, 1.54) is 6.07 Å². The monoisotopic (exact) mass is 338 g/mol. The van der Waals surface area contributed by atoms with Crippen LogP contribution < -0.4 is 10.0 Å². The van der Waals surface area contributed by atoms with E-state index in [-0.39, 0.29) is 5.91 Å². The lowest BCUT2D eigenvalue weighted by Gasteiger charge is -2.08. The highest BCUT2D eigenvalue weighted by molar-refractivity contribution is 7.92. The van der Waals surface area contributed by atoms with Crippen LogP contribution in [0.1, 0.15) is 15.9 Å². The molecule has 22 heavy (non-hydrogen) atoms. The zero-order valence-corrected chi connectivity index (χ0v) is 13.4. The molecule has 116 valence electrons. The molecule has 5 nitrogen and oxygen atoms in total. The number of carbonyl (C=O) groups is 1. The third-order valence-electron chi connectivity index (χ3n) is 2.79. The van der Waals surface area contributed by atoms with E-state index in [1.807, 2.05) is 12.1 Å². The van der Waals surface area contributed by atoms with E-state index in [1.54, 1.807) is 30.3 Å². The van der Waals surface area contributed by atoms with Crippen LogP contribution in [-0.4, -0.2) is 20.6 Å². The number of carbonyl (C=O) groups excluding carboxylic acids is 1. The van der Waals surface area contributed by atoms with Gasteiger partial charge in [0.25, 0.3) is 5.91 Å². The molecule has 0 saturated carbocycles. The van der Waals surface area contributed by atoms with E-state index in [2.05, 4.69) is 10.0 Å². The number of amides is 1. The smallest absolute Gasteiger partial charge is 0.251 e. The van der Waals surface area contributed by atoms with E-state index >= 15 is 0 Å². The third kappa shape index (κ3) is 5.05. The van der Waals surface area contributed by atoms with Gasteiger partial charge in [-0.05, 0) is 35.9 Å². The number of benzene rings is 2. The van der Waals surface area contributed by atoms with Gasteiger partial charge in [0.1, 0.15) is 0 Å². The molecule has 2 N–H and O–H groups in total. The van der Waals surface area contributed by atoms with Crippen LogP contribution in [-0.2, 0) is 16.6 Å². The van der Waals surface area contributed by atoms with Crippen molar-refractivity contribution >= 4 is 33.2 Å². The molecule has 0 atom stereocenters. The first-order chi connectivity index (χ1) is 10.3. The number of halogens is 1. The van der Waals surface area contributed by atoms with Crippen molar-refractivity contribution in [2.24, 2.45) is 0 Å². The highest BCUT2D eigenvalue weighted by atomic mass is 35.5. The number of nitrogens with one attached hydrogen (secondary N) is 2. The second-order valence-corrected chi connectivity index (χ2v) is 6.95. The van der Waals surface area contributed by atoms with Crippen molar-refractivity contribution in [3.8, 4) is 0 Å². The molecule has 2 aromatic carbocycles. The maximum Gasteiger partial charge on any atom is 0.251 e. The zero-order valence-electron chi connectivity index (χ0n) is 11.8. The van der Waals surface area contributed by atoms with Crippen LogP contribution in [0.3, 0.4) is 0 Å². The van der Waals surface area contributed by atoms with Crippen LogP contribution in [0.4, 0.5) is 5.69 Å².